The van der Waals surface area contributed by atoms with Gasteiger partial charge >= 0.3 is 0 Å². The van der Waals surface area contributed by atoms with Crippen LogP contribution in [0.25, 0.3) is 0 Å². The summed E-state index contributed by atoms with van der Waals surface area (Å²) >= 11 is 1.47. The van der Waals surface area contributed by atoms with E-state index in [4.69, 9.17) is 0 Å². The summed E-state index contributed by atoms with van der Waals surface area (Å²) in [5.41, 5.74) is 0. The van der Waals surface area contributed by atoms with Crippen molar-refractivity contribution in [2.45, 2.75) is 24.7 Å². The maximum Gasteiger partial charge on any atom is 0.232 e. The van der Waals surface area contributed by atoms with Gasteiger partial charge in [0.25, 0.3) is 0 Å². The molecule has 1 saturated heterocycles. The smallest absolute Gasteiger partial charge is 0.232 e. The minimum absolute atomic E-state index is 0.191. The number of rotatable bonds is 3. The van der Waals surface area contributed by atoms with Crippen LogP contribution in [0.4, 0.5) is 4.39 Å². The van der Waals surface area contributed by atoms with E-state index in [9.17, 15) is 9.18 Å². The maximum absolute atomic E-state index is 12.7. The van der Waals surface area contributed by atoms with E-state index in [0.717, 1.165) is 36.7 Å². The van der Waals surface area contributed by atoms with Crippen molar-refractivity contribution in [1.29, 1.82) is 0 Å². The minimum Gasteiger partial charge on any atom is -0.342 e. The fraction of sp³-hybridized carbons (Fsp3) is 0.500. The normalized spacial score (nSPS) is 16.9. The summed E-state index contributed by atoms with van der Waals surface area (Å²) in [6.45, 7) is 3.99. The Bertz CT molecular complexity index is 399. The molecule has 0 bridgehead atoms. The SMILES string of the molecule is CC1CCN(C(=O)CSc2ccc(F)cc2)CC1. The Balaban J connectivity index is 1.79. The van der Waals surface area contributed by atoms with Gasteiger partial charge in [-0.3, -0.25) is 4.79 Å². The molecule has 0 atom stereocenters. The lowest BCUT2D eigenvalue weighted by Gasteiger charge is -2.30. The third kappa shape index (κ3) is 3.73. The van der Waals surface area contributed by atoms with Crippen molar-refractivity contribution >= 4 is 17.7 Å². The summed E-state index contributed by atoms with van der Waals surface area (Å²) in [7, 11) is 0. The molecule has 1 amide bonds. The van der Waals surface area contributed by atoms with Crippen LogP contribution in [0.3, 0.4) is 0 Å². The minimum atomic E-state index is -0.240. The van der Waals surface area contributed by atoms with E-state index >= 15 is 0 Å². The number of amides is 1. The molecule has 0 aliphatic carbocycles. The van der Waals surface area contributed by atoms with E-state index in [1.165, 1.54) is 23.9 Å². The average Bonchev–Trinajstić information content (AvgIpc) is 2.38. The highest BCUT2D eigenvalue weighted by Gasteiger charge is 2.19. The number of benzene rings is 1. The molecule has 2 nitrogen and oxygen atoms in total. The highest BCUT2D eigenvalue weighted by molar-refractivity contribution is 8.00. The monoisotopic (exact) mass is 267 g/mol. The van der Waals surface area contributed by atoms with Crippen LogP contribution in [-0.4, -0.2) is 29.6 Å². The van der Waals surface area contributed by atoms with Gasteiger partial charge in [0.1, 0.15) is 5.82 Å². The van der Waals surface area contributed by atoms with Crippen LogP contribution in [0.2, 0.25) is 0 Å². The topological polar surface area (TPSA) is 20.3 Å². The van der Waals surface area contributed by atoms with E-state index in [1.54, 1.807) is 12.1 Å². The molecule has 0 saturated carbocycles. The lowest BCUT2D eigenvalue weighted by atomic mass is 9.99. The third-order valence-corrected chi connectivity index (χ3v) is 4.31. The Morgan fingerprint density at radius 1 is 1.33 bits per heavy atom. The van der Waals surface area contributed by atoms with Gasteiger partial charge in [-0.05, 0) is 43.0 Å². The first-order valence-corrected chi connectivity index (χ1v) is 7.30. The number of hydrogen-bond donors (Lipinski definition) is 0. The molecule has 1 aromatic carbocycles. The zero-order valence-corrected chi connectivity index (χ0v) is 11.4. The lowest BCUT2D eigenvalue weighted by Crippen LogP contribution is -2.38. The van der Waals surface area contributed by atoms with Crippen molar-refractivity contribution in [2.24, 2.45) is 5.92 Å². The molecule has 4 heteroatoms. The lowest BCUT2D eigenvalue weighted by molar-refractivity contribution is -0.129. The fourth-order valence-corrected chi connectivity index (χ4v) is 2.83. The predicted octanol–water partition coefficient (Wildman–Crippen LogP) is 3.18. The second kappa shape index (κ2) is 6.23. The first-order chi connectivity index (χ1) is 8.65. The van der Waals surface area contributed by atoms with Gasteiger partial charge in [-0.25, -0.2) is 4.39 Å². The van der Waals surface area contributed by atoms with Gasteiger partial charge in [0.05, 0.1) is 5.75 Å². The molecule has 0 N–H and O–H groups in total. The van der Waals surface area contributed by atoms with Crippen LogP contribution in [0.5, 0.6) is 0 Å². The molecule has 1 fully saturated rings. The van der Waals surface area contributed by atoms with E-state index in [2.05, 4.69) is 6.92 Å². The Morgan fingerprint density at radius 2 is 1.94 bits per heavy atom. The Hall–Kier alpha value is -1.03. The number of piperidine rings is 1. The summed E-state index contributed by atoms with van der Waals surface area (Å²) < 4.78 is 12.7. The van der Waals surface area contributed by atoms with Gasteiger partial charge in [0.15, 0.2) is 0 Å². The van der Waals surface area contributed by atoms with Crippen molar-refractivity contribution in [3.05, 3.63) is 30.1 Å². The second-order valence-electron chi connectivity index (χ2n) is 4.81. The first kappa shape index (κ1) is 13.4. The molecule has 0 unspecified atom stereocenters. The number of carbonyl (C=O) groups excluding carboxylic acids is 1. The standard InChI is InChI=1S/C14H18FNOS/c1-11-6-8-16(9-7-11)14(17)10-18-13-4-2-12(15)3-5-13/h2-5,11H,6-10H2,1H3. The third-order valence-electron chi connectivity index (χ3n) is 3.31. The van der Waals surface area contributed by atoms with Gasteiger partial charge in [0, 0.05) is 18.0 Å². The predicted molar refractivity (Wildman–Crippen MR) is 72.1 cm³/mol. The van der Waals surface area contributed by atoms with E-state index in [1.807, 2.05) is 4.90 Å². The zero-order valence-electron chi connectivity index (χ0n) is 10.6. The molecular weight excluding hydrogens is 249 g/mol. The summed E-state index contributed by atoms with van der Waals surface area (Å²) in [5, 5.41) is 0. The average molecular weight is 267 g/mol. The van der Waals surface area contributed by atoms with Gasteiger partial charge < -0.3 is 4.90 Å². The molecule has 1 aromatic rings. The van der Waals surface area contributed by atoms with Crippen molar-refractivity contribution in [3.8, 4) is 0 Å². The molecule has 1 heterocycles. The Labute approximate surface area is 112 Å². The maximum atomic E-state index is 12.7. The quantitative estimate of drug-likeness (QED) is 0.784. The molecule has 18 heavy (non-hydrogen) atoms. The Kier molecular flexibility index (Phi) is 4.64. The molecule has 1 aliphatic heterocycles. The van der Waals surface area contributed by atoms with Crippen molar-refractivity contribution in [2.75, 3.05) is 18.8 Å². The fourth-order valence-electron chi connectivity index (χ4n) is 2.03. The van der Waals surface area contributed by atoms with Gasteiger partial charge in [0.2, 0.25) is 5.91 Å². The van der Waals surface area contributed by atoms with E-state index < -0.39 is 0 Å². The summed E-state index contributed by atoms with van der Waals surface area (Å²) in [4.78, 5) is 14.9. The Morgan fingerprint density at radius 3 is 2.56 bits per heavy atom. The van der Waals surface area contributed by atoms with E-state index in [0.29, 0.717) is 5.75 Å². The summed E-state index contributed by atoms with van der Waals surface area (Å²) in [6.07, 6.45) is 2.21. The van der Waals surface area contributed by atoms with Gasteiger partial charge in [-0.2, -0.15) is 0 Å². The number of thioether (sulfide) groups is 1. The molecule has 2 rings (SSSR count). The van der Waals surface area contributed by atoms with Crippen LogP contribution >= 0.6 is 11.8 Å². The largest absolute Gasteiger partial charge is 0.342 e. The number of hydrogen-bond acceptors (Lipinski definition) is 2. The van der Waals surface area contributed by atoms with Crippen molar-refractivity contribution in [3.63, 3.8) is 0 Å². The number of halogens is 1. The second-order valence-corrected chi connectivity index (χ2v) is 5.85. The molecule has 1 aliphatic rings. The molecule has 0 radical (unpaired) electrons. The molecule has 0 aromatic heterocycles. The van der Waals surface area contributed by atoms with Crippen molar-refractivity contribution < 1.29 is 9.18 Å². The van der Waals surface area contributed by atoms with Crippen LogP contribution in [-0.2, 0) is 4.79 Å². The van der Waals surface area contributed by atoms with Crippen LogP contribution in [0.15, 0.2) is 29.2 Å². The number of likely N-dealkylation sites (tertiary alicyclic amines) is 1. The molecular formula is C14H18FNOS. The van der Waals surface area contributed by atoms with Gasteiger partial charge in [-0.15, -0.1) is 11.8 Å². The van der Waals surface area contributed by atoms with E-state index in [-0.39, 0.29) is 11.7 Å². The van der Waals surface area contributed by atoms with Crippen LogP contribution in [0.1, 0.15) is 19.8 Å². The van der Waals surface area contributed by atoms with Gasteiger partial charge in [-0.1, -0.05) is 6.92 Å². The summed E-state index contributed by atoms with van der Waals surface area (Å²) in [5.74, 6) is 1.13. The molecule has 98 valence electrons. The first-order valence-electron chi connectivity index (χ1n) is 6.31. The number of nitrogens with zero attached hydrogens (tertiary/aromatic N) is 1. The number of carbonyl (C=O) groups is 1. The highest BCUT2D eigenvalue weighted by atomic mass is 32.2. The van der Waals surface area contributed by atoms with Crippen LogP contribution in [0, 0.1) is 11.7 Å². The highest BCUT2D eigenvalue weighted by Crippen LogP contribution is 2.21. The zero-order chi connectivity index (χ0) is 13.0. The summed E-state index contributed by atoms with van der Waals surface area (Å²) in [6, 6.07) is 6.28. The van der Waals surface area contributed by atoms with Crippen molar-refractivity contribution in [1.82, 2.24) is 4.90 Å². The van der Waals surface area contributed by atoms with Crippen LogP contribution < -0.4 is 0 Å². The molecule has 0 spiro atoms.